The van der Waals surface area contributed by atoms with Crippen molar-refractivity contribution in [1.29, 1.82) is 0 Å². The van der Waals surface area contributed by atoms with E-state index in [2.05, 4.69) is 10.3 Å². The van der Waals surface area contributed by atoms with Gasteiger partial charge in [0, 0.05) is 25.4 Å². The predicted molar refractivity (Wildman–Crippen MR) is 64.9 cm³/mol. The highest BCUT2D eigenvalue weighted by Gasteiger charge is 2.03. The molecule has 5 heteroatoms. The van der Waals surface area contributed by atoms with Gasteiger partial charge in [-0.05, 0) is 18.9 Å². The van der Waals surface area contributed by atoms with E-state index in [1.807, 2.05) is 0 Å². The Kier molecular flexibility index (Phi) is 6.03. The van der Waals surface area contributed by atoms with Gasteiger partial charge in [-0.2, -0.15) is 0 Å². The summed E-state index contributed by atoms with van der Waals surface area (Å²) < 4.78 is 0. The molecule has 0 fully saturated rings. The molecular weight excluding hydrogens is 220 g/mol. The van der Waals surface area contributed by atoms with Crippen LogP contribution in [0, 0.1) is 0 Å². The molecule has 1 amide bonds. The van der Waals surface area contributed by atoms with Crippen LogP contribution in [0.2, 0.25) is 0 Å². The zero-order valence-corrected chi connectivity index (χ0v) is 9.74. The first-order chi connectivity index (χ1) is 8.24. The number of rotatable bonds is 7. The topological polar surface area (TPSA) is 82.2 Å². The molecule has 0 aliphatic carbocycles. The van der Waals surface area contributed by atoms with Gasteiger partial charge in [0.05, 0.1) is 5.56 Å². The number of nitrogens with one attached hydrogen (secondary N) is 2. The molecule has 0 aliphatic heterocycles. The van der Waals surface area contributed by atoms with Gasteiger partial charge in [-0.25, -0.2) is 0 Å². The van der Waals surface area contributed by atoms with Gasteiger partial charge in [0.2, 0.25) is 5.56 Å². The van der Waals surface area contributed by atoms with Crippen molar-refractivity contribution >= 4 is 5.91 Å². The first kappa shape index (κ1) is 13.4. The summed E-state index contributed by atoms with van der Waals surface area (Å²) in [4.78, 5) is 24.8. The first-order valence-electron chi connectivity index (χ1n) is 5.82. The monoisotopic (exact) mass is 238 g/mol. The van der Waals surface area contributed by atoms with Crippen LogP contribution < -0.4 is 10.9 Å². The number of aliphatic hydroxyl groups excluding tert-OH is 1. The van der Waals surface area contributed by atoms with Crippen LogP contribution in [-0.4, -0.2) is 29.1 Å². The van der Waals surface area contributed by atoms with Crippen molar-refractivity contribution in [3.05, 3.63) is 34.2 Å². The van der Waals surface area contributed by atoms with Crippen molar-refractivity contribution < 1.29 is 9.90 Å². The van der Waals surface area contributed by atoms with Crippen molar-refractivity contribution in [2.45, 2.75) is 25.7 Å². The van der Waals surface area contributed by atoms with E-state index in [9.17, 15) is 9.59 Å². The second kappa shape index (κ2) is 7.62. The summed E-state index contributed by atoms with van der Waals surface area (Å²) >= 11 is 0. The maximum absolute atomic E-state index is 11.6. The summed E-state index contributed by atoms with van der Waals surface area (Å²) in [6, 6.07) is 2.83. The molecule has 0 unspecified atom stereocenters. The molecule has 1 rings (SSSR count). The van der Waals surface area contributed by atoms with E-state index in [1.165, 1.54) is 18.3 Å². The molecule has 94 valence electrons. The lowest BCUT2D eigenvalue weighted by atomic mass is 10.2. The Balaban J connectivity index is 2.21. The van der Waals surface area contributed by atoms with E-state index >= 15 is 0 Å². The van der Waals surface area contributed by atoms with E-state index in [4.69, 9.17) is 5.11 Å². The van der Waals surface area contributed by atoms with Gasteiger partial charge in [0.15, 0.2) is 0 Å². The Morgan fingerprint density at radius 2 is 2.00 bits per heavy atom. The smallest absolute Gasteiger partial charge is 0.252 e. The highest BCUT2D eigenvalue weighted by Crippen LogP contribution is 1.98. The van der Waals surface area contributed by atoms with Gasteiger partial charge >= 0.3 is 0 Å². The molecule has 17 heavy (non-hydrogen) atoms. The highest BCUT2D eigenvalue weighted by molar-refractivity contribution is 5.93. The number of H-pyrrole nitrogens is 1. The third-order valence-corrected chi connectivity index (χ3v) is 2.42. The number of unbranched alkanes of at least 4 members (excludes halogenated alkanes) is 3. The predicted octanol–water partition coefficient (Wildman–Crippen LogP) is 0.657. The minimum atomic E-state index is -0.217. The first-order valence-corrected chi connectivity index (χ1v) is 5.82. The molecule has 0 aliphatic rings. The largest absolute Gasteiger partial charge is 0.396 e. The van der Waals surface area contributed by atoms with Crippen molar-refractivity contribution in [1.82, 2.24) is 10.3 Å². The fourth-order valence-electron chi connectivity index (χ4n) is 1.45. The minimum absolute atomic E-state index is 0.177. The number of pyridine rings is 1. The molecule has 0 bridgehead atoms. The van der Waals surface area contributed by atoms with Crippen molar-refractivity contribution in [3.8, 4) is 0 Å². The quantitative estimate of drug-likeness (QED) is 0.610. The van der Waals surface area contributed by atoms with Gasteiger partial charge in [0.1, 0.15) is 0 Å². The van der Waals surface area contributed by atoms with Crippen LogP contribution in [0.5, 0.6) is 0 Å². The molecule has 3 N–H and O–H groups in total. The van der Waals surface area contributed by atoms with Crippen LogP contribution in [-0.2, 0) is 0 Å². The Hall–Kier alpha value is -1.62. The van der Waals surface area contributed by atoms with Gasteiger partial charge in [-0.1, -0.05) is 12.8 Å². The second-order valence-electron chi connectivity index (χ2n) is 3.84. The lowest BCUT2D eigenvalue weighted by molar-refractivity contribution is 0.0952. The van der Waals surface area contributed by atoms with E-state index in [1.54, 1.807) is 0 Å². The number of aliphatic hydroxyl groups is 1. The van der Waals surface area contributed by atoms with Gasteiger partial charge < -0.3 is 15.4 Å². The number of hydrogen-bond acceptors (Lipinski definition) is 3. The van der Waals surface area contributed by atoms with E-state index < -0.39 is 0 Å². The average Bonchev–Trinajstić information content (AvgIpc) is 2.34. The third kappa shape index (κ3) is 5.31. The lowest BCUT2D eigenvalue weighted by Gasteiger charge is -2.04. The summed E-state index contributed by atoms with van der Waals surface area (Å²) in [7, 11) is 0. The summed E-state index contributed by atoms with van der Waals surface area (Å²) in [5, 5.41) is 11.4. The van der Waals surface area contributed by atoms with E-state index in [-0.39, 0.29) is 18.1 Å². The normalized spacial score (nSPS) is 10.2. The van der Waals surface area contributed by atoms with Crippen LogP contribution in [0.1, 0.15) is 36.0 Å². The van der Waals surface area contributed by atoms with Gasteiger partial charge in [-0.3, -0.25) is 9.59 Å². The van der Waals surface area contributed by atoms with Crippen molar-refractivity contribution in [2.75, 3.05) is 13.2 Å². The molecule has 1 heterocycles. The Bertz CT molecular complexity index is 380. The van der Waals surface area contributed by atoms with Crippen molar-refractivity contribution in [3.63, 3.8) is 0 Å². The summed E-state index contributed by atoms with van der Waals surface area (Å²) in [6.07, 6.45) is 5.09. The maximum Gasteiger partial charge on any atom is 0.252 e. The Morgan fingerprint density at radius 1 is 1.24 bits per heavy atom. The molecule has 0 atom stereocenters. The standard InChI is InChI=1S/C12H18N2O3/c15-8-4-2-1-3-7-13-12(17)10-5-6-11(16)14-9-10/h5-6,9,15H,1-4,7-8H2,(H,13,17)(H,14,16). The molecule has 0 saturated heterocycles. The molecule has 0 spiro atoms. The van der Waals surface area contributed by atoms with Crippen LogP contribution in [0.15, 0.2) is 23.1 Å². The second-order valence-corrected chi connectivity index (χ2v) is 3.84. The zero-order chi connectivity index (χ0) is 12.5. The number of aromatic amines is 1. The molecule has 5 nitrogen and oxygen atoms in total. The lowest BCUT2D eigenvalue weighted by Crippen LogP contribution is -2.25. The highest BCUT2D eigenvalue weighted by atomic mass is 16.2. The number of amides is 1. The SMILES string of the molecule is O=C(NCCCCCCO)c1ccc(=O)[nH]c1. The van der Waals surface area contributed by atoms with Crippen LogP contribution in [0.4, 0.5) is 0 Å². The summed E-state index contributed by atoms with van der Waals surface area (Å²) in [5.41, 5.74) is 0.241. The van der Waals surface area contributed by atoms with Crippen LogP contribution in [0.25, 0.3) is 0 Å². The maximum atomic E-state index is 11.6. The van der Waals surface area contributed by atoms with Crippen molar-refractivity contribution in [2.24, 2.45) is 0 Å². The Morgan fingerprint density at radius 3 is 2.65 bits per heavy atom. The molecule has 1 aromatic heterocycles. The van der Waals surface area contributed by atoms with Gasteiger partial charge in [0.25, 0.3) is 5.91 Å². The molecule has 0 aromatic carbocycles. The number of carbonyl (C=O) groups is 1. The molecule has 1 aromatic rings. The van der Waals surface area contributed by atoms with Gasteiger partial charge in [-0.15, -0.1) is 0 Å². The van der Waals surface area contributed by atoms with E-state index in [0.717, 1.165) is 25.7 Å². The van der Waals surface area contributed by atoms with Crippen LogP contribution in [0.3, 0.4) is 0 Å². The minimum Gasteiger partial charge on any atom is -0.396 e. The van der Waals surface area contributed by atoms with E-state index in [0.29, 0.717) is 12.1 Å². The average molecular weight is 238 g/mol. The Labute approximate surface area is 99.9 Å². The molecule has 0 radical (unpaired) electrons. The van der Waals surface area contributed by atoms with Crippen LogP contribution >= 0.6 is 0 Å². The number of hydrogen-bond donors (Lipinski definition) is 3. The molecule has 0 saturated carbocycles. The fraction of sp³-hybridized carbons (Fsp3) is 0.500. The number of carbonyl (C=O) groups excluding carboxylic acids is 1. The summed E-state index contributed by atoms with van der Waals surface area (Å²) in [5.74, 6) is -0.177. The summed E-state index contributed by atoms with van der Waals surface area (Å²) in [6.45, 7) is 0.840. The molecular formula is C12H18N2O3. The zero-order valence-electron chi connectivity index (χ0n) is 9.74. The fourth-order valence-corrected chi connectivity index (χ4v) is 1.45. The number of aromatic nitrogens is 1. The third-order valence-electron chi connectivity index (χ3n) is 2.42.